The number of carboxylic acid groups (broad SMARTS) is 1. The van der Waals surface area contributed by atoms with Gasteiger partial charge in [0.15, 0.2) is 0 Å². The molecule has 18 heteroatoms. The first-order valence-corrected chi connectivity index (χ1v) is 24.1. The minimum atomic E-state index is -3.92. The maximum Gasteiger partial charge on any atom is 0.337 e. The maximum absolute atomic E-state index is 13.2. The second-order valence-corrected chi connectivity index (χ2v) is 22.0. The van der Waals surface area contributed by atoms with E-state index in [1.54, 1.807) is 30.3 Å². The Morgan fingerprint density at radius 3 is 1.43 bits per heavy atom. The van der Waals surface area contributed by atoms with E-state index >= 15 is 0 Å². The van der Waals surface area contributed by atoms with E-state index in [4.69, 9.17) is 24.5 Å². The van der Waals surface area contributed by atoms with E-state index in [9.17, 15) is 26.4 Å². The number of hydrogen-bond donors (Lipinski definition) is 2. The molecule has 16 nitrogen and oxygen atoms in total. The lowest BCUT2D eigenvalue weighted by Crippen LogP contribution is -2.25. The summed E-state index contributed by atoms with van der Waals surface area (Å²) in [6.45, 7) is 17.4. The van der Waals surface area contributed by atoms with Crippen LogP contribution in [0.2, 0.25) is 0 Å². The molecule has 0 unspecified atom stereocenters. The molecule has 0 aliphatic carbocycles. The lowest BCUT2D eigenvalue weighted by molar-refractivity contribution is 0.0610. The topological polar surface area (TPSA) is 199 Å². The van der Waals surface area contributed by atoms with Gasteiger partial charge < -0.3 is 29.0 Å². The summed E-state index contributed by atoms with van der Waals surface area (Å²) in [4.78, 5) is 32.8. The number of carbonyl (C=O) groups excluding carboxylic acids is 1. The Labute approximate surface area is 368 Å². The van der Waals surface area contributed by atoms with Crippen molar-refractivity contribution in [3.05, 3.63) is 96.1 Å². The van der Waals surface area contributed by atoms with Crippen LogP contribution in [0.1, 0.15) is 99.6 Å². The van der Waals surface area contributed by atoms with Crippen LogP contribution in [-0.4, -0.2) is 94.3 Å². The second kappa shape index (κ2) is 17.7. The Hall–Kier alpha value is -5.30. The molecule has 6 heterocycles. The molecule has 2 aromatic carbocycles. The Kier molecular flexibility index (Phi) is 12.8. The molecule has 2 saturated heterocycles. The molecule has 2 N–H and O–H groups in total. The van der Waals surface area contributed by atoms with Crippen LogP contribution in [0.15, 0.2) is 83.1 Å². The third-order valence-corrected chi connectivity index (χ3v) is 14.8. The monoisotopic (exact) mass is 903 g/mol. The molecule has 2 fully saturated rings. The van der Waals surface area contributed by atoms with Crippen molar-refractivity contribution in [2.75, 3.05) is 33.5 Å². The molecule has 63 heavy (non-hydrogen) atoms. The molecule has 2 aliphatic rings. The minimum Gasteiger partial charge on any atom is -0.478 e. The number of nitrogens with zero attached hydrogens (tertiary/aromatic N) is 6. The van der Waals surface area contributed by atoms with Gasteiger partial charge in [-0.15, -0.1) is 0 Å². The van der Waals surface area contributed by atoms with E-state index in [-0.39, 0.29) is 37.7 Å². The molecular formula is C45H57N7O9S2. The number of benzene rings is 2. The van der Waals surface area contributed by atoms with Crippen molar-refractivity contribution in [1.29, 1.82) is 0 Å². The third kappa shape index (κ3) is 9.63. The first-order valence-electron chi connectivity index (χ1n) is 21.2. The van der Waals surface area contributed by atoms with Crippen molar-refractivity contribution in [1.82, 2.24) is 32.4 Å². The summed E-state index contributed by atoms with van der Waals surface area (Å²) < 4.78 is 69.9. The number of carbonyl (C=O) groups is 2. The highest BCUT2D eigenvalue weighted by Crippen LogP contribution is 2.33. The maximum atomic E-state index is 13.2. The van der Waals surface area contributed by atoms with E-state index < -0.39 is 26.0 Å². The quantitative estimate of drug-likeness (QED) is 0.149. The summed E-state index contributed by atoms with van der Waals surface area (Å²) in [6.07, 6.45) is 9.06. The number of aromatic carboxylic acids is 1. The number of fused-ring (bicyclic) bond motifs is 2. The molecule has 4 aromatic heterocycles. The minimum absolute atomic E-state index is 0.0729. The number of amides is 1. The highest BCUT2D eigenvalue weighted by Gasteiger charge is 2.29. The highest BCUT2D eigenvalue weighted by atomic mass is 32.2. The third-order valence-electron chi connectivity index (χ3n) is 11.6. The average Bonchev–Trinajstić information content (AvgIpc) is 4.07. The van der Waals surface area contributed by atoms with Crippen LogP contribution in [0.5, 0.6) is 0 Å². The standard InChI is InChI=1S/C23H30N4O4S.C22H27N3O5S/c1-23(2,3)22-25-19-13-18(32(29,30)26-10-7-17(15-26)21(28)24-4)5-6-20(19)27(22)14-16-8-11-31-12-9-16;1-22(2,3)21-23-18-12-17(31(28,29)24-9-6-16(14-24)20(26)27)4-5-19(18)25(21)13-15-7-10-30-11-8-15/h5-7,10,13,15-16H,8-9,11-12,14H2,1-4H3,(H,24,28);4-6,9,12,14-15H,7-8,10-11,13H2,1-3H3,(H,26,27). The van der Waals surface area contributed by atoms with E-state index in [1.807, 2.05) is 6.07 Å². The lowest BCUT2D eigenvalue weighted by atomic mass is 9.94. The number of nitrogens with one attached hydrogen (secondary N) is 1. The summed E-state index contributed by atoms with van der Waals surface area (Å²) in [5.74, 6) is 1.34. The molecule has 0 saturated carbocycles. The Morgan fingerprint density at radius 1 is 0.667 bits per heavy atom. The fourth-order valence-electron chi connectivity index (χ4n) is 8.13. The molecule has 6 aromatic rings. The summed E-state index contributed by atoms with van der Waals surface area (Å²) >= 11 is 0. The van der Waals surface area contributed by atoms with Crippen molar-refractivity contribution >= 4 is 54.0 Å². The zero-order chi connectivity index (χ0) is 45.5. The van der Waals surface area contributed by atoms with Crippen LogP contribution in [0.3, 0.4) is 0 Å². The van der Waals surface area contributed by atoms with Gasteiger partial charge in [0.05, 0.1) is 43.0 Å². The fraction of sp³-hybridized carbons (Fsp3) is 0.467. The zero-order valence-electron chi connectivity index (χ0n) is 36.9. The van der Waals surface area contributed by atoms with E-state index in [0.717, 1.165) is 102 Å². The molecular weight excluding hydrogens is 847 g/mol. The van der Waals surface area contributed by atoms with Gasteiger partial charge in [-0.25, -0.2) is 39.5 Å². The van der Waals surface area contributed by atoms with Gasteiger partial charge in [0.2, 0.25) is 0 Å². The van der Waals surface area contributed by atoms with Crippen molar-refractivity contribution in [2.45, 2.75) is 101 Å². The molecule has 338 valence electrons. The Bertz CT molecular complexity index is 2860. The molecule has 0 bridgehead atoms. The predicted molar refractivity (Wildman–Crippen MR) is 238 cm³/mol. The SMILES string of the molecule is CC(C)(C)c1nc2cc(S(=O)(=O)n3ccc(C(=O)O)c3)ccc2n1CC1CCOCC1.CNC(=O)c1ccn(S(=O)(=O)c2ccc3c(c2)nc(C(C)(C)C)n3CC2CCOCC2)c1. The first kappa shape index (κ1) is 45.7. The molecule has 2 aliphatic heterocycles. The van der Waals surface area contributed by atoms with Crippen molar-refractivity contribution in [3.63, 3.8) is 0 Å². The van der Waals surface area contributed by atoms with Crippen LogP contribution >= 0.6 is 0 Å². The van der Waals surface area contributed by atoms with E-state index in [0.29, 0.717) is 22.9 Å². The molecule has 0 radical (unpaired) electrons. The van der Waals surface area contributed by atoms with E-state index in [1.165, 1.54) is 37.8 Å². The van der Waals surface area contributed by atoms with Gasteiger partial charge in [0.1, 0.15) is 11.6 Å². The van der Waals surface area contributed by atoms with Gasteiger partial charge in [-0.3, -0.25) is 4.79 Å². The number of ether oxygens (including phenoxy) is 2. The number of imidazole rings is 2. The number of rotatable bonds is 10. The van der Waals surface area contributed by atoms with Gasteiger partial charge >= 0.3 is 5.97 Å². The summed E-state index contributed by atoms with van der Waals surface area (Å²) in [5.41, 5.74) is 2.90. The van der Waals surface area contributed by atoms with Gasteiger partial charge in [-0.2, -0.15) is 0 Å². The largest absolute Gasteiger partial charge is 0.478 e. The van der Waals surface area contributed by atoms with Gasteiger partial charge in [-0.05, 0) is 86.1 Å². The lowest BCUT2D eigenvalue weighted by Gasteiger charge is -2.26. The summed E-state index contributed by atoms with van der Waals surface area (Å²) in [7, 11) is -6.26. The van der Waals surface area contributed by atoms with Gasteiger partial charge in [-0.1, -0.05) is 41.5 Å². The molecule has 8 rings (SSSR count). The van der Waals surface area contributed by atoms with Crippen molar-refractivity contribution in [3.8, 4) is 0 Å². The highest BCUT2D eigenvalue weighted by molar-refractivity contribution is 7.90. The Morgan fingerprint density at radius 2 is 1.06 bits per heavy atom. The van der Waals surface area contributed by atoms with Crippen molar-refractivity contribution < 1.29 is 41.0 Å². The molecule has 0 spiro atoms. The normalized spacial score (nSPS) is 16.0. The second-order valence-electron chi connectivity index (χ2n) is 18.4. The molecule has 0 atom stereocenters. The van der Waals surface area contributed by atoms with Crippen molar-refractivity contribution in [2.24, 2.45) is 11.8 Å². The van der Waals surface area contributed by atoms with Crippen LogP contribution in [0, 0.1) is 11.8 Å². The zero-order valence-corrected chi connectivity index (χ0v) is 38.5. The van der Waals surface area contributed by atoms with Crippen LogP contribution in [0.25, 0.3) is 22.1 Å². The van der Waals surface area contributed by atoms with E-state index in [2.05, 4.69) is 56.0 Å². The Balaban J connectivity index is 0.000000189. The van der Waals surface area contributed by atoms with Gasteiger partial charge in [0, 0.05) is 82.2 Å². The van der Waals surface area contributed by atoms with Crippen LogP contribution < -0.4 is 5.32 Å². The summed E-state index contributed by atoms with van der Waals surface area (Å²) in [6, 6.07) is 12.8. The average molecular weight is 904 g/mol. The van der Waals surface area contributed by atoms with Crippen LogP contribution in [0.4, 0.5) is 0 Å². The summed E-state index contributed by atoms with van der Waals surface area (Å²) in [5, 5.41) is 11.6. The van der Waals surface area contributed by atoms with Crippen LogP contribution in [-0.2, 0) is 53.4 Å². The number of aromatic nitrogens is 6. The predicted octanol–water partition coefficient (Wildman–Crippen LogP) is 6.66. The number of carboxylic acids is 1. The molecule has 1 amide bonds. The fourth-order valence-corrected chi connectivity index (χ4v) is 10.6. The number of hydrogen-bond acceptors (Lipinski definition) is 10. The van der Waals surface area contributed by atoms with Gasteiger partial charge in [0.25, 0.3) is 26.0 Å². The first-order chi connectivity index (χ1) is 29.7. The smallest absolute Gasteiger partial charge is 0.337 e.